The van der Waals surface area contributed by atoms with Gasteiger partial charge in [0.15, 0.2) is 0 Å². The quantitative estimate of drug-likeness (QED) is 0.842. The van der Waals surface area contributed by atoms with Crippen LogP contribution in [0.1, 0.15) is 12.7 Å². The van der Waals surface area contributed by atoms with Crippen LogP contribution >= 0.6 is 0 Å². The summed E-state index contributed by atoms with van der Waals surface area (Å²) in [7, 11) is 0. The molecule has 2 aromatic rings. The van der Waals surface area contributed by atoms with Gasteiger partial charge < -0.3 is 14.8 Å². The first-order chi connectivity index (χ1) is 9.19. The number of benzene rings is 1. The van der Waals surface area contributed by atoms with E-state index in [9.17, 15) is 4.39 Å². The second-order valence-electron chi connectivity index (χ2n) is 4.69. The molecule has 1 heterocycles. The molecule has 1 atom stereocenters. The van der Waals surface area contributed by atoms with Gasteiger partial charge in [0.05, 0.1) is 6.54 Å². The molecule has 1 aromatic heterocycles. The molecule has 0 aliphatic heterocycles. The summed E-state index contributed by atoms with van der Waals surface area (Å²) < 4.78 is 18.5. The summed E-state index contributed by atoms with van der Waals surface area (Å²) in [5.41, 5.74) is 0.858. The van der Waals surface area contributed by atoms with Crippen LogP contribution in [0.5, 0.6) is 0 Å². The Labute approximate surface area is 112 Å². The van der Waals surface area contributed by atoms with E-state index in [1.807, 2.05) is 19.1 Å². The van der Waals surface area contributed by atoms with Crippen molar-refractivity contribution in [1.29, 1.82) is 0 Å². The van der Waals surface area contributed by atoms with Crippen molar-refractivity contribution >= 4 is 0 Å². The number of hydrogen-bond donors (Lipinski definition) is 2. The van der Waals surface area contributed by atoms with Crippen molar-refractivity contribution in [3.63, 3.8) is 0 Å². The number of aliphatic hydroxyl groups is 1. The van der Waals surface area contributed by atoms with Gasteiger partial charge in [-0.05, 0) is 42.3 Å². The Balaban J connectivity index is 1.93. The number of furan rings is 1. The average Bonchev–Trinajstić information content (AvgIpc) is 2.88. The van der Waals surface area contributed by atoms with Crippen LogP contribution in [0.25, 0.3) is 11.3 Å². The van der Waals surface area contributed by atoms with Gasteiger partial charge in [-0.3, -0.25) is 0 Å². The van der Waals surface area contributed by atoms with E-state index in [4.69, 9.17) is 9.52 Å². The van der Waals surface area contributed by atoms with Crippen LogP contribution in [-0.4, -0.2) is 18.3 Å². The molecular weight excluding hydrogens is 245 g/mol. The molecule has 0 aliphatic rings. The molecule has 2 N–H and O–H groups in total. The van der Waals surface area contributed by atoms with E-state index < -0.39 is 0 Å². The van der Waals surface area contributed by atoms with Crippen molar-refractivity contribution in [2.45, 2.75) is 13.5 Å². The number of aliphatic hydroxyl groups excluding tert-OH is 1. The van der Waals surface area contributed by atoms with Gasteiger partial charge in [0.1, 0.15) is 17.3 Å². The van der Waals surface area contributed by atoms with Crippen molar-refractivity contribution in [3.05, 3.63) is 48.0 Å². The highest BCUT2D eigenvalue weighted by Gasteiger charge is 2.05. The SMILES string of the molecule is CC(CO)CNCc1ccc(-c2ccc(F)cc2)o1. The van der Waals surface area contributed by atoms with E-state index in [2.05, 4.69) is 5.32 Å². The van der Waals surface area contributed by atoms with E-state index in [0.717, 1.165) is 23.6 Å². The molecule has 1 unspecified atom stereocenters. The van der Waals surface area contributed by atoms with Gasteiger partial charge in [0, 0.05) is 18.7 Å². The van der Waals surface area contributed by atoms with Crippen LogP contribution in [0.3, 0.4) is 0 Å². The molecule has 0 saturated carbocycles. The minimum Gasteiger partial charge on any atom is -0.460 e. The van der Waals surface area contributed by atoms with Crippen molar-refractivity contribution in [1.82, 2.24) is 5.32 Å². The van der Waals surface area contributed by atoms with Gasteiger partial charge in [0.2, 0.25) is 0 Å². The topological polar surface area (TPSA) is 45.4 Å². The predicted octanol–water partition coefficient (Wildman–Crippen LogP) is 2.80. The van der Waals surface area contributed by atoms with Gasteiger partial charge >= 0.3 is 0 Å². The molecule has 0 saturated heterocycles. The molecule has 4 heteroatoms. The molecule has 2 rings (SSSR count). The lowest BCUT2D eigenvalue weighted by Gasteiger charge is -2.07. The second kappa shape index (κ2) is 6.50. The normalized spacial score (nSPS) is 12.6. The van der Waals surface area contributed by atoms with Crippen LogP contribution in [0.15, 0.2) is 40.8 Å². The summed E-state index contributed by atoms with van der Waals surface area (Å²) in [6.45, 7) is 3.50. The molecule has 0 spiro atoms. The molecule has 0 aliphatic carbocycles. The van der Waals surface area contributed by atoms with Crippen molar-refractivity contribution < 1.29 is 13.9 Å². The molecule has 0 fully saturated rings. The first-order valence-electron chi connectivity index (χ1n) is 6.35. The fourth-order valence-corrected chi connectivity index (χ4v) is 1.75. The lowest BCUT2D eigenvalue weighted by atomic mass is 10.2. The van der Waals surface area contributed by atoms with Gasteiger partial charge in [-0.25, -0.2) is 4.39 Å². The number of rotatable bonds is 6. The molecule has 3 nitrogen and oxygen atoms in total. The number of hydrogen-bond acceptors (Lipinski definition) is 3. The Morgan fingerprint density at radius 1 is 1.21 bits per heavy atom. The van der Waals surface area contributed by atoms with Gasteiger partial charge in [0.25, 0.3) is 0 Å². The Bertz CT molecular complexity index is 507. The lowest BCUT2D eigenvalue weighted by molar-refractivity contribution is 0.233. The van der Waals surface area contributed by atoms with Crippen LogP contribution in [0.2, 0.25) is 0 Å². The highest BCUT2D eigenvalue weighted by Crippen LogP contribution is 2.22. The summed E-state index contributed by atoms with van der Waals surface area (Å²) in [6.07, 6.45) is 0. The lowest BCUT2D eigenvalue weighted by Crippen LogP contribution is -2.22. The van der Waals surface area contributed by atoms with Crippen molar-refractivity contribution in [2.75, 3.05) is 13.2 Å². The maximum Gasteiger partial charge on any atom is 0.134 e. The summed E-state index contributed by atoms with van der Waals surface area (Å²) in [5.74, 6) is 1.53. The van der Waals surface area contributed by atoms with Crippen LogP contribution in [-0.2, 0) is 6.54 Å². The highest BCUT2D eigenvalue weighted by molar-refractivity contribution is 5.57. The fourth-order valence-electron chi connectivity index (χ4n) is 1.75. The van der Waals surface area contributed by atoms with Gasteiger partial charge in [-0.1, -0.05) is 6.92 Å². The smallest absolute Gasteiger partial charge is 0.134 e. The molecule has 19 heavy (non-hydrogen) atoms. The summed E-state index contributed by atoms with van der Waals surface area (Å²) >= 11 is 0. The third-order valence-electron chi connectivity index (χ3n) is 2.89. The Hall–Kier alpha value is -1.65. The average molecular weight is 263 g/mol. The maximum absolute atomic E-state index is 12.8. The summed E-state index contributed by atoms with van der Waals surface area (Å²) in [4.78, 5) is 0. The molecule has 0 radical (unpaired) electrons. The minimum atomic E-state index is -0.254. The number of halogens is 1. The largest absolute Gasteiger partial charge is 0.460 e. The Kier molecular flexibility index (Phi) is 4.71. The molecule has 102 valence electrons. The monoisotopic (exact) mass is 263 g/mol. The van der Waals surface area contributed by atoms with E-state index in [-0.39, 0.29) is 18.3 Å². The summed E-state index contributed by atoms with van der Waals surface area (Å²) in [5, 5.41) is 12.1. The van der Waals surface area contributed by atoms with Gasteiger partial charge in [-0.2, -0.15) is 0 Å². The molecule has 1 aromatic carbocycles. The third kappa shape index (κ3) is 3.91. The van der Waals surface area contributed by atoms with Crippen LogP contribution < -0.4 is 5.32 Å². The zero-order chi connectivity index (χ0) is 13.7. The highest BCUT2D eigenvalue weighted by atomic mass is 19.1. The fraction of sp³-hybridized carbons (Fsp3) is 0.333. The first-order valence-corrected chi connectivity index (χ1v) is 6.35. The predicted molar refractivity (Wildman–Crippen MR) is 72.1 cm³/mol. The maximum atomic E-state index is 12.8. The zero-order valence-electron chi connectivity index (χ0n) is 10.9. The number of nitrogens with one attached hydrogen (secondary N) is 1. The van der Waals surface area contributed by atoms with E-state index >= 15 is 0 Å². The van der Waals surface area contributed by atoms with E-state index in [1.165, 1.54) is 12.1 Å². The van der Waals surface area contributed by atoms with Crippen LogP contribution in [0, 0.1) is 11.7 Å². The van der Waals surface area contributed by atoms with Gasteiger partial charge in [-0.15, -0.1) is 0 Å². The molecule has 0 bridgehead atoms. The second-order valence-corrected chi connectivity index (χ2v) is 4.69. The van der Waals surface area contributed by atoms with E-state index in [1.54, 1.807) is 12.1 Å². The Morgan fingerprint density at radius 2 is 1.95 bits per heavy atom. The van der Waals surface area contributed by atoms with E-state index in [0.29, 0.717) is 6.54 Å². The standard InChI is InChI=1S/C15H18FNO2/c1-11(10-18)8-17-9-14-6-7-15(19-14)12-2-4-13(16)5-3-12/h2-7,11,17-18H,8-10H2,1H3. The molecule has 0 amide bonds. The molecular formula is C15H18FNO2. The first kappa shape index (κ1) is 13.8. The van der Waals surface area contributed by atoms with Crippen LogP contribution in [0.4, 0.5) is 4.39 Å². The third-order valence-corrected chi connectivity index (χ3v) is 2.89. The summed E-state index contributed by atoms with van der Waals surface area (Å²) in [6, 6.07) is 9.99. The van der Waals surface area contributed by atoms with Crippen molar-refractivity contribution in [2.24, 2.45) is 5.92 Å². The zero-order valence-corrected chi connectivity index (χ0v) is 10.9. The van der Waals surface area contributed by atoms with Crippen molar-refractivity contribution in [3.8, 4) is 11.3 Å². The Morgan fingerprint density at radius 3 is 2.63 bits per heavy atom. The minimum absolute atomic E-state index is 0.173.